The van der Waals surface area contributed by atoms with E-state index in [0.29, 0.717) is 0 Å². The maximum atomic E-state index is 3.59. The van der Waals surface area contributed by atoms with Crippen LogP contribution >= 0.6 is 0 Å². The summed E-state index contributed by atoms with van der Waals surface area (Å²) in [7, 11) is 0. The first-order chi connectivity index (χ1) is 6.95. The normalized spacial score (nSPS) is 18.9. The van der Waals surface area contributed by atoms with Crippen molar-refractivity contribution >= 4 is 6.08 Å². The molecular weight excluding hydrogens is 170 g/mol. The van der Waals surface area contributed by atoms with Crippen LogP contribution < -0.4 is 0 Å². The van der Waals surface area contributed by atoms with Crippen LogP contribution in [0.1, 0.15) is 35.4 Å². The summed E-state index contributed by atoms with van der Waals surface area (Å²) in [6, 6.07) is 0. The number of fused-ring (bicyclic) bond motifs is 3. The summed E-state index contributed by atoms with van der Waals surface area (Å²) in [4.78, 5) is 3.59. The Labute approximate surface area is 84.5 Å². The highest BCUT2D eigenvalue weighted by atomic mass is 14.7. The monoisotopic (exact) mass is 185 g/mol. The molecule has 1 nitrogen and oxygen atoms in total. The summed E-state index contributed by atoms with van der Waals surface area (Å²) in [5.41, 5.74) is 5.99. The summed E-state index contributed by atoms with van der Waals surface area (Å²) in [6.07, 6.45) is 15.1. The molecule has 1 aromatic rings. The Kier molecular flexibility index (Phi) is 1.83. The number of hydrogen-bond acceptors (Lipinski definition) is 0. The molecule has 0 saturated heterocycles. The van der Waals surface area contributed by atoms with E-state index in [2.05, 4.69) is 29.3 Å². The van der Waals surface area contributed by atoms with Crippen LogP contribution in [-0.2, 0) is 19.3 Å². The summed E-state index contributed by atoms with van der Waals surface area (Å²) in [5, 5.41) is 0. The van der Waals surface area contributed by atoms with Gasteiger partial charge in [0.05, 0.1) is 0 Å². The molecule has 3 rings (SSSR count). The van der Waals surface area contributed by atoms with E-state index in [9.17, 15) is 0 Å². The van der Waals surface area contributed by atoms with Crippen molar-refractivity contribution in [2.45, 2.75) is 32.1 Å². The molecular formula is C13H15N. The standard InChI is InChI=1S/C13H15N/c1-2-6-10-11-7-4-5-9-13(11)14-12(10)8-3-1/h1-3,6,14H,4-5,7-9H2. The van der Waals surface area contributed by atoms with Gasteiger partial charge in [-0.3, -0.25) is 0 Å². The molecule has 0 saturated carbocycles. The van der Waals surface area contributed by atoms with Crippen molar-refractivity contribution in [3.05, 3.63) is 40.7 Å². The van der Waals surface area contributed by atoms with Gasteiger partial charge in [0.15, 0.2) is 0 Å². The minimum Gasteiger partial charge on any atom is -0.361 e. The van der Waals surface area contributed by atoms with Gasteiger partial charge in [-0.15, -0.1) is 0 Å². The van der Waals surface area contributed by atoms with E-state index in [1.165, 1.54) is 42.6 Å². The summed E-state index contributed by atoms with van der Waals surface area (Å²) < 4.78 is 0. The second-order valence-corrected chi connectivity index (χ2v) is 4.17. The zero-order valence-corrected chi connectivity index (χ0v) is 8.34. The van der Waals surface area contributed by atoms with Crippen molar-refractivity contribution in [1.29, 1.82) is 0 Å². The first kappa shape index (κ1) is 8.10. The Morgan fingerprint density at radius 3 is 2.93 bits per heavy atom. The smallest absolute Gasteiger partial charge is 0.0264 e. The first-order valence-corrected chi connectivity index (χ1v) is 5.51. The van der Waals surface area contributed by atoms with Gasteiger partial charge in [0, 0.05) is 17.8 Å². The Morgan fingerprint density at radius 1 is 1.00 bits per heavy atom. The molecule has 0 unspecified atom stereocenters. The van der Waals surface area contributed by atoms with E-state index >= 15 is 0 Å². The molecule has 0 fully saturated rings. The van der Waals surface area contributed by atoms with E-state index in [1.54, 1.807) is 5.56 Å². The van der Waals surface area contributed by atoms with Crippen LogP contribution in [0.5, 0.6) is 0 Å². The molecule has 1 heteroatoms. The molecule has 72 valence electrons. The van der Waals surface area contributed by atoms with Crippen molar-refractivity contribution < 1.29 is 0 Å². The van der Waals surface area contributed by atoms with E-state index in [-0.39, 0.29) is 0 Å². The number of nitrogens with one attached hydrogen (secondary N) is 1. The van der Waals surface area contributed by atoms with Crippen LogP contribution in [0.2, 0.25) is 0 Å². The molecule has 0 aromatic carbocycles. The fraction of sp³-hybridized carbons (Fsp3) is 0.385. The van der Waals surface area contributed by atoms with Crippen LogP contribution in [0.3, 0.4) is 0 Å². The fourth-order valence-electron chi connectivity index (χ4n) is 2.55. The van der Waals surface area contributed by atoms with Crippen molar-refractivity contribution in [3.8, 4) is 0 Å². The van der Waals surface area contributed by atoms with E-state index in [0.717, 1.165) is 6.42 Å². The number of rotatable bonds is 0. The minimum absolute atomic E-state index is 1.06. The lowest BCUT2D eigenvalue weighted by atomic mass is 9.94. The lowest BCUT2D eigenvalue weighted by molar-refractivity contribution is 0.676. The van der Waals surface area contributed by atoms with Crippen LogP contribution in [-0.4, -0.2) is 4.98 Å². The van der Waals surface area contributed by atoms with E-state index in [4.69, 9.17) is 0 Å². The highest BCUT2D eigenvalue weighted by Crippen LogP contribution is 2.29. The van der Waals surface area contributed by atoms with Crippen molar-refractivity contribution in [2.24, 2.45) is 0 Å². The average molecular weight is 185 g/mol. The second-order valence-electron chi connectivity index (χ2n) is 4.17. The van der Waals surface area contributed by atoms with Gasteiger partial charge >= 0.3 is 0 Å². The van der Waals surface area contributed by atoms with Gasteiger partial charge in [-0.25, -0.2) is 0 Å². The molecule has 1 aromatic heterocycles. The number of allylic oxidation sites excluding steroid dienone is 3. The lowest BCUT2D eigenvalue weighted by Gasteiger charge is -2.11. The number of aromatic nitrogens is 1. The van der Waals surface area contributed by atoms with Gasteiger partial charge in [-0.2, -0.15) is 0 Å². The van der Waals surface area contributed by atoms with Gasteiger partial charge in [0.1, 0.15) is 0 Å². The third-order valence-corrected chi connectivity index (χ3v) is 3.25. The summed E-state index contributed by atoms with van der Waals surface area (Å²) in [5.74, 6) is 0. The quantitative estimate of drug-likeness (QED) is 0.639. The Hall–Kier alpha value is -1.24. The van der Waals surface area contributed by atoms with Gasteiger partial charge < -0.3 is 4.98 Å². The van der Waals surface area contributed by atoms with Gasteiger partial charge in [-0.05, 0) is 36.8 Å². The Bertz CT molecular complexity index is 407. The second kappa shape index (κ2) is 3.16. The number of H-pyrrole nitrogens is 1. The molecule has 1 heterocycles. The number of hydrogen-bond donors (Lipinski definition) is 1. The molecule has 1 N–H and O–H groups in total. The van der Waals surface area contributed by atoms with Crippen LogP contribution in [0.25, 0.3) is 6.08 Å². The maximum absolute atomic E-state index is 3.59. The predicted octanol–water partition coefficient (Wildman–Crippen LogP) is 3.02. The predicted molar refractivity (Wildman–Crippen MR) is 59.3 cm³/mol. The van der Waals surface area contributed by atoms with E-state index < -0.39 is 0 Å². The van der Waals surface area contributed by atoms with Gasteiger partial charge in [0.25, 0.3) is 0 Å². The van der Waals surface area contributed by atoms with Crippen LogP contribution in [0, 0.1) is 0 Å². The molecule has 14 heavy (non-hydrogen) atoms. The van der Waals surface area contributed by atoms with Gasteiger partial charge in [-0.1, -0.05) is 24.3 Å². The zero-order chi connectivity index (χ0) is 9.38. The summed E-state index contributed by atoms with van der Waals surface area (Å²) >= 11 is 0. The van der Waals surface area contributed by atoms with Crippen LogP contribution in [0.15, 0.2) is 18.2 Å². The molecule has 0 bridgehead atoms. The molecule has 0 radical (unpaired) electrons. The SMILES string of the molecule is C1=CCc2[nH]c3c(c2C=C1)CCCC3. The molecule has 2 aliphatic carbocycles. The Balaban J connectivity index is 2.14. The molecule has 2 aliphatic rings. The van der Waals surface area contributed by atoms with Crippen molar-refractivity contribution in [2.75, 3.05) is 0 Å². The zero-order valence-electron chi connectivity index (χ0n) is 8.34. The van der Waals surface area contributed by atoms with Crippen molar-refractivity contribution in [1.82, 2.24) is 4.98 Å². The third-order valence-electron chi connectivity index (χ3n) is 3.25. The minimum atomic E-state index is 1.06. The highest BCUT2D eigenvalue weighted by Gasteiger charge is 2.17. The highest BCUT2D eigenvalue weighted by molar-refractivity contribution is 5.62. The molecule has 0 atom stereocenters. The van der Waals surface area contributed by atoms with Crippen molar-refractivity contribution in [3.63, 3.8) is 0 Å². The largest absolute Gasteiger partial charge is 0.361 e. The number of aromatic amines is 1. The molecule has 0 amide bonds. The van der Waals surface area contributed by atoms with Gasteiger partial charge in [0.2, 0.25) is 0 Å². The molecule has 0 spiro atoms. The van der Waals surface area contributed by atoms with E-state index in [1.807, 2.05) is 0 Å². The van der Waals surface area contributed by atoms with Crippen LogP contribution in [0.4, 0.5) is 0 Å². The Morgan fingerprint density at radius 2 is 1.93 bits per heavy atom. The third kappa shape index (κ3) is 1.16. The average Bonchev–Trinajstić information content (AvgIpc) is 2.42. The first-order valence-electron chi connectivity index (χ1n) is 5.51. The number of aryl methyl sites for hydroxylation is 1. The molecule has 0 aliphatic heterocycles. The maximum Gasteiger partial charge on any atom is 0.0264 e. The lowest BCUT2D eigenvalue weighted by Crippen LogP contribution is -2.00. The topological polar surface area (TPSA) is 15.8 Å². The fourth-order valence-corrected chi connectivity index (χ4v) is 2.55. The summed E-state index contributed by atoms with van der Waals surface area (Å²) in [6.45, 7) is 0.